The van der Waals surface area contributed by atoms with E-state index in [0.29, 0.717) is 11.6 Å². The summed E-state index contributed by atoms with van der Waals surface area (Å²) in [6, 6.07) is 9.56. The van der Waals surface area contributed by atoms with Crippen molar-refractivity contribution in [2.24, 2.45) is 5.84 Å². The molecule has 1 aromatic carbocycles. The van der Waals surface area contributed by atoms with Crippen molar-refractivity contribution < 1.29 is 9.66 Å². The van der Waals surface area contributed by atoms with Crippen LogP contribution in [-0.4, -0.2) is 9.91 Å². The summed E-state index contributed by atoms with van der Waals surface area (Å²) in [4.78, 5) is 14.2. The summed E-state index contributed by atoms with van der Waals surface area (Å²) in [7, 11) is 0. The molecule has 2 aromatic rings. The smallest absolute Gasteiger partial charge is 0.273 e. The zero-order valence-corrected chi connectivity index (χ0v) is 9.95. The van der Waals surface area contributed by atoms with Gasteiger partial charge in [0.2, 0.25) is 0 Å². The highest BCUT2D eigenvalue weighted by Crippen LogP contribution is 2.21. The Morgan fingerprint density at radius 3 is 2.95 bits per heavy atom. The second kappa shape index (κ2) is 5.78. The van der Waals surface area contributed by atoms with E-state index in [0.717, 1.165) is 5.56 Å². The normalized spacial score (nSPS) is 9.95. The van der Waals surface area contributed by atoms with E-state index < -0.39 is 4.92 Å². The number of nitrogens with one attached hydrogen (secondary N) is 1. The number of rotatable bonds is 5. The molecule has 7 nitrogen and oxygen atoms in total. The van der Waals surface area contributed by atoms with Crippen LogP contribution in [-0.2, 0) is 6.61 Å². The van der Waals surface area contributed by atoms with Crippen LogP contribution in [0.25, 0.3) is 0 Å². The predicted octanol–water partition coefficient (Wildman–Crippen LogP) is 1.85. The number of nitro benzene ring substituents is 1. The summed E-state index contributed by atoms with van der Waals surface area (Å²) in [5, 5.41) is 10.6. The zero-order chi connectivity index (χ0) is 13.7. The molecular weight excluding hydrogens is 248 g/mol. The van der Waals surface area contributed by atoms with E-state index in [1.165, 1.54) is 12.1 Å². The van der Waals surface area contributed by atoms with Crippen molar-refractivity contribution in [1.82, 2.24) is 4.98 Å². The van der Waals surface area contributed by atoms with E-state index in [-0.39, 0.29) is 12.3 Å². The molecule has 19 heavy (non-hydrogen) atoms. The summed E-state index contributed by atoms with van der Waals surface area (Å²) >= 11 is 0. The van der Waals surface area contributed by atoms with Crippen LogP contribution in [0, 0.1) is 10.1 Å². The molecule has 0 bridgehead atoms. The van der Waals surface area contributed by atoms with Crippen molar-refractivity contribution in [2.45, 2.75) is 6.61 Å². The molecule has 0 saturated carbocycles. The maximum Gasteiger partial charge on any atom is 0.273 e. The second-order valence-electron chi connectivity index (χ2n) is 3.70. The highest BCUT2D eigenvalue weighted by Gasteiger charge is 2.07. The van der Waals surface area contributed by atoms with Gasteiger partial charge in [-0.05, 0) is 12.1 Å². The number of benzene rings is 1. The van der Waals surface area contributed by atoms with Gasteiger partial charge < -0.3 is 10.2 Å². The first kappa shape index (κ1) is 12.8. The van der Waals surface area contributed by atoms with Crippen LogP contribution in [0.2, 0.25) is 0 Å². The van der Waals surface area contributed by atoms with Gasteiger partial charge in [-0.3, -0.25) is 10.1 Å². The van der Waals surface area contributed by atoms with Gasteiger partial charge in [0, 0.05) is 17.8 Å². The third kappa shape index (κ3) is 3.17. The van der Waals surface area contributed by atoms with Crippen LogP contribution < -0.4 is 16.0 Å². The second-order valence-corrected chi connectivity index (χ2v) is 3.70. The maximum atomic E-state index is 10.6. The number of ether oxygens (including phenoxy) is 1. The fourth-order valence-electron chi connectivity index (χ4n) is 1.53. The number of anilines is 1. The van der Waals surface area contributed by atoms with Crippen LogP contribution in [0.4, 0.5) is 11.5 Å². The highest BCUT2D eigenvalue weighted by molar-refractivity contribution is 5.43. The van der Waals surface area contributed by atoms with E-state index in [2.05, 4.69) is 10.4 Å². The van der Waals surface area contributed by atoms with Gasteiger partial charge in [0.05, 0.1) is 11.0 Å². The van der Waals surface area contributed by atoms with Crippen LogP contribution in [0.15, 0.2) is 42.6 Å². The number of non-ortho nitro benzene ring substituents is 1. The molecule has 0 spiro atoms. The zero-order valence-electron chi connectivity index (χ0n) is 9.95. The number of nitrogens with zero attached hydrogens (tertiary/aromatic N) is 2. The number of nitrogens with two attached hydrogens (primary N) is 1. The van der Waals surface area contributed by atoms with E-state index in [1.807, 2.05) is 0 Å². The number of nitrogen functional groups attached to an aromatic ring is 1. The van der Waals surface area contributed by atoms with Gasteiger partial charge in [0.25, 0.3) is 5.69 Å². The summed E-state index contributed by atoms with van der Waals surface area (Å²) in [5.74, 6) is 6.25. The first-order chi connectivity index (χ1) is 9.20. The average molecular weight is 260 g/mol. The number of aromatic nitrogens is 1. The van der Waals surface area contributed by atoms with Crippen LogP contribution in [0.5, 0.6) is 5.75 Å². The quantitative estimate of drug-likeness (QED) is 0.483. The summed E-state index contributed by atoms with van der Waals surface area (Å²) in [6.45, 7) is 0.217. The first-order valence-corrected chi connectivity index (χ1v) is 5.48. The van der Waals surface area contributed by atoms with Gasteiger partial charge in [-0.1, -0.05) is 12.1 Å². The Labute approximate surface area is 109 Å². The van der Waals surface area contributed by atoms with Gasteiger partial charge in [-0.15, -0.1) is 0 Å². The lowest BCUT2D eigenvalue weighted by Crippen LogP contribution is -2.12. The molecule has 0 aliphatic heterocycles. The topological polar surface area (TPSA) is 103 Å². The minimum atomic E-state index is -0.468. The molecule has 0 aliphatic carbocycles. The monoisotopic (exact) mass is 260 g/mol. The van der Waals surface area contributed by atoms with Gasteiger partial charge in [-0.25, -0.2) is 10.8 Å². The Hall–Kier alpha value is -2.67. The van der Waals surface area contributed by atoms with Crippen molar-refractivity contribution in [2.75, 3.05) is 5.43 Å². The first-order valence-electron chi connectivity index (χ1n) is 5.48. The van der Waals surface area contributed by atoms with Crippen molar-refractivity contribution in [3.8, 4) is 5.75 Å². The van der Waals surface area contributed by atoms with Crippen LogP contribution in [0.1, 0.15) is 5.56 Å². The SMILES string of the molecule is NNc1ncccc1COc1cccc([N+](=O)[O-])c1. The number of hydrogen-bond donors (Lipinski definition) is 2. The molecule has 0 radical (unpaired) electrons. The van der Waals surface area contributed by atoms with Crippen molar-refractivity contribution in [3.63, 3.8) is 0 Å². The van der Waals surface area contributed by atoms with Crippen LogP contribution in [0.3, 0.4) is 0 Å². The standard InChI is InChI=1S/C12H12N4O3/c13-15-12-9(3-2-6-14-12)8-19-11-5-1-4-10(7-11)16(17)18/h1-7H,8,13H2,(H,14,15). The lowest BCUT2D eigenvalue weighted by atomic mass is 10.2. The predicted molar refractivity (Wildman–Crippen MR) is 69.5 cm³/mol. The van der Waals surface area contributed by atoms with E-state index in [1.54, 1.807) is 30.5 Å². The molecule has 0 atom stereocenters. The number of pyridine rings is 1. The van der Waals surface area contributed by atoms with Gasteiger partial charge in [-0.2, -0.15) is 0 Å². The molecule has 2 rings (SSSR count). The Bertz CT molecular complexity index is 589. The Balaban J connectivity index is 2.10. The molecule has 7 heteroatoms. The van der Waals surface area contributed by atoms with E-state index in [9.17, 15) is 10.1 Å². The average Bonchev–Trinajstić information content (AvgIpc) is 2.45. The van der Waals surface area contributed by atoms with E-state index >= 15 is 0 Å². The molecular formula is C12H12N4O3. The van der Waals surface area contributed by atoms with Crippen molar-refractivity contribution >= 4 is 11.5 Å². The Kier molecular flexibility index (Phi) is 3.89. The van der Waals surface area contributed by atoms with Crippen LogP contribution >= 0.6 is 0 Å². The molecule has 0 unspecified atom stereocenters. The fraction of sp³-hybridized carbons (Fsp3) is 0.0833. The number of nitro groups is 1. The largest absolute Gasteiger partial charge is 0.489 e. The number of hydrogen-bond acceptors (Lipinski definition) is 6. The minimum Gasteiger partial charge on any atom is -0.489 e. The number of hydrazine groups is 1. The van der Waals surface area contributed by atoms with Crippen molar-refractivity contribution in [1.29, 1.82) is 0 Å². The summed E-state index contributed by atoms with van der Waals surface area (Å²) < 4.78 is 5.49. The summed E-state index contributed by atoms with van der Waals surface area (Å²) in [5.41, 5.74) is 3.21. The third-order valence-corrected chi connectivity index (χ3v) is 2.45. The molecule has 1 heterocycles. The lowest BCUT2D eigenvalue weighted by molar-refractivity contribution is -0.384. The van der Waals surface area contributed by atoms with Crippen molar-refractivity contribution in [3.05, 3.63) is 58.3 Å². The highest BCUT2D eigenvalue weighted by atomic mass is 16.6. The molecule has 98 valence electrons. The van der Waals surface area contributed by atoms with Gasteiger partial charge in [0.15, 0.2) is 0 Å². The molecule has 0 amide bonds. The maximum absolute atomic E-state index is 10.6. The minimum absolute atomic E-state index is 0.0131. The Morgan fingerprint density at radius 2 is 2.21 bits per heavy atom. The molecule has 3 N–H and O–H groups in total. The van der Waals surface area contributed by atoms with Gasteiger partial charge >= 0.3 is 0 Å². The molecule has 1 aromatic heterocycles. The lowest BCUT2D eigenvalue weighted by Gasteiger charge is -2.09. The third-order valence-electron chi connectivity index (χ3n) is 2.45. The Morgan fingerprint density at radius 1 is 1.37 bits per heavy atom. The fourth-order valence-corrected chi connectivity index (χ4v) is 1.53. The molecule has 0 aliphatic rings. The van der Waals surface area contributed by atoms with E-state index in [4.69, 9.17) is 10.6 Å². The summed E-state index contributed by atoms with van der Waals surface area (Å²) in [6.07, 6.45) is 1.60. The molecule has 0 fully saturated rings. The molecule has 0 saturated heterocycles. The van der Waals surface area contributed by atoms with Gasteiger partial charge in [0.1, 0.15) is 18.2 Å².